The van der Waals surface area contributed by atoms with Crippen LogP contribution in [-0.4, -0.2) is 23.6 Å². The zero-order chi connectivity index (χ0) is 13.0. The summed E-state index contributed by atoms with van der Waals surface area (Å²) in [4.78, 5) is 4.20. The Morgan fingerprint density at radius 1 is 1.24 bits per heavy atom. The van der Waals surface area contributed by atoms with Crippen molar-refractivity contribution in [3.63, 3.8) is 0 Å². The van der Waals surface area contributed by atoms with Crippen molar-refractivity contribution in [1.29, 1.82) is 0 Å². The molecular weight excluding hydrogens is 276 g/mol. The average molecular weight is 296 g/mol. The van der Waals surface area contributed by atoms with Crippen molar-refractivity contribution >= 4 is 5.84 Å². The third-order valence-electron chi connectivity index (χ3n) is 1.75. The summed E-state index contributed by atoms with van der Waals surface area (Å²) in [5.74, 6) is 0.305. The Hall–Kier alpha value is -0.246. The predicted molar refractivity (Wildman–Crippen MR) is 61.0 cm³/mol. The van der Waals surface area contributed by atoms with Crippen molar-refractivity contribution in [2.24, 2.45) is 4.99 Å². The third-order valence-corrected chi connectivity index (χ3v) is 1.75. The first-order valence-electron chi connectivity index (χ1n) is 5.42. The molecule has 6 heteroatoms. The van der Waals surface area contributed by atoms with Crippen LogP contribution in [0.2, 0.25) is 0 Å². The van der Waals surface area contributed by atoms with E-state index in [2.05, 4.69) is 10.3 Å². The average Bonchev–Trinajstić information content (AvgIpc) is 1.99. The van der Waals surface area contributed by atoms with E-state index in [9.17, 15) is 13.2 Å². The maximum absolute atomic E-state index is 12.3. The van der Waals surface area contributed by atoms with Gasteiger partial charge in [-0.25, -0.2) is 0 Å². The molecule has 0 bridgehead atoms. The van der Waals surface area contributed by atoms with Gasteiger partial charge in [0, 0.05) is 16.5 Å². The van der Waals surface area contributed by atoms with Gasteiger partial charge >= 0.3 is 6.18 Å². The molecule has 0 aromatic rings. The first kappa shape index (κ1) is 19.1. The Labute approximate surface area is 111 Å². The predicted octanol–water partition coefficient (Wildman–Crippen LogP) is 4.31. The van der Waals surface area contributed by atoms with Gasteiger partial charge in [-0.1, -0.05) is 46.9 Å². The third kappa shape index (κ3) is 9.45. The molecule has 2 nitrogen and oxygen atoms in total. The van der Waals surface area contributed by atoms with Crippen molar-refractivity contribution in [1.82, 2.24) is 0 Å². The molecule has 0 fully saturated rings. The summed E-state index contributed by atoms with van der Waals surface area (Å²) in [6.45, 7) is 8.48. The molecule has 106 valence electrons. The summed E-state index contributed by atoms with van der Waals surface area (Å²) in [6, 6.07) is -1.68. The second kappa shape index (κ2) is 7.25. The molecule has 0 rings (SSSR count). The largest absolute Gasteiger partial charge is 0.463 e. The van der Waals surface area contributed by atoms with Crippen LogP contribution in [-0.2, 0) is 16.5 Å². The van der Waals surface area contributed by atoms with Crippen LogP contribution in [0.25, 0.3) is 5.32 Å². The molecule has 0 saturated heterocycles. The summed E-state index contributed by atoms with van der Waals surface area (Å²) in [6.07, 6.45) is -3.06. The van der Waals surface area contributed by atoms with Crippen LogP contribution in [0.3, 0.4) is 0 Å². The van der Waals surface area contributed by atoms with E-state index in [0.717, 1.165) is 13.3 Å². The molecule has 0 N–H and O–H groups in total. The quantitative estimate of drug-likeness (QED) is 0.421. The van der Waals surface area contributed by atoms with E-state index >= 15 is 0 Å². The molecule has 0 aliphatic heterocycles. The van der Waals surface area contributed by atoms with Crippen LogP contribution < -0.4 is 0 Å². The first-order chi connectivity index (χ1) is 7.06. The van der Waals surface area contributed by atoms with Gasteiger partial charge in [0.1, 0.15) is 0 Å². The smallest absolute Gasteiger partial charge is 0.390 e. The number of amidine groups is 1. The minimum atomic E-state index is -4.29. The monoisotopic (exact) mass is 295 g/mol. The van der Waals surface area contributed by atoms with E-state index in [1.807, 2.05) is 27.7 Å². The van der Waals surface area contributed by atoms with E-state index in [1.54, 1.807) is 0 Å². The fourth-order valence-corrected chi connectivity index (χ4v) is 1.06. The molecule has 0 radical (unpaired) electrons. The van der Waals surface area contributed by atoms with Gasteiger partial charge in [0.2, 0.25) is 0 Å². The van der Waals surface area contributed by atoms with Gasteiger partial charge < -0.3 is 10.3 Å². The van der Waals surface area contributed by atoms with Gasteiger partial charge in [0.25, 0.3) is 0 Å². The van der Waals surface area contributed by atoms with Gasteiger partial charge in [-0.15, -0.1) is 0 Å². The molecule has 0 aromatic heterocycles. The van der Waals surface area contributed by atoms with Gasteiger partial charge in [-0.3, -0.25) is 0 Å². The standard InChI is InChI=1S/C11H20F3N2.Ni/c1-6-7-9(16-10(3,4)5)15-8(2)11(12,13)14;/h8H,6-7H2,1-5H3;/q-1;. The Morgan fingerprint density at radius 3 is 2.00 bits per heavy atom. The maximum Gasteiger partial charge on any atom is 0.390 e. The zero-order valence-corrected chi connectivity index (χ0v) is 11.8. The van der Waals surface area contributed by atoms with Crippen LogP contribution >= 0.6 is 0 Å². The van der Waals surface area contributed by atoms with Crippen LogP contribution in [0, 0.1) is 0 Å². The molecule has 1 unspecified atom stereocenters. The normalized spacial score (nSPS) is 15.2. The minimum absolute atomic E-state index is 0. The number of rotatable bonds is 3. The molecule has 0 aliphatic carbocycles. The first-order valence-corrected chi connectivity index (χ1v) is 5.42. The number of hydrogen-bond acceptors (Lipinski definition) is 1. The van der Waals surface area contributed by atoms with Crippen LogP contribution in [0.5, 0.6) is 0 Å². The van der Waals surface area contributed by atoms with Gasteiger partial charge in [0.05, 0.1) is 6.04 Å². The van der Waals surface area contributed by atoms with Gasteiger partial charge in [0.15, 0.2) is 0 Å². The van der Waals surface area contributed by atoms with E-state index in [4.69, 9.17) is 0 Å². The van der Waals surface area contributed by atoms with Crippen LogP contribution in [0.15, 0.2) is 4.99 Å². The molecule has 0 heterocycles. The Morgan fingerprint density at radius 2 is 1.71 bits per heavy atom. The van der Waals surface area contributed by atoms with Crippen molar-refractivity contribution in [3.8, 4) is 0 Å². The summed E-state index contributed by atoms with van der Waals surface area (Å²) in [5.41, 5.74) is -0.390. The van der Waals surface area contributed by atoms with Gasteiger partial charge in [-0.2, -0.15) is 13.2 Å². The summed E-state index contributed by atoms with van der Waals surface area (Å²) in [5, 5.41) is 3.65. The summed E-state index contributed by atoms with van der Waals surface area (Å²) in [7, 11) is 0. The molecular formula is C11H20F3N2Ni-. The van der Waals surface area contributed by atoms with E-state index < -0.39 is 12.2 Å². The number of nitrogens with zero attached hydrogens (tertiary/aromatic N) is 2. The Kier molecular flexibility index (Phi) is 8.14. The van der Waals surface area contributed by atoms with E-state index in [-0.39, 0.29) is 22.0 Å². The zero-order valence-electron chi connectivity index (χ0n) is 10.8. The topological polar surface area (TPSA) is 26.5 Å². The van der Waals surface area contributed by atoms with Crippen LogP contribution in [0.4, 0.5) is 13.2 Å². The van der Waals surface area contributed by atoms with Crippen molar-refractivity contribution in [3.05, 3.63) is 5.32 Å². The summed E-state index contributed by atoms with van der Waals surface area (Å²) >= 11 is 0. The van der Waals surface area contributed by atoms with Crippen molar-refractivity contribution < 1.29 is 29.7 Å². The second-order valence-electron chi connectivity index (χ2n) is 4.80. The Balaban J connectivity index is 0. The van der Waals surface area contributed by atoms with Gasteiger partial charge in [-0.05, 0) is 12.0 Å². The molecule has 0 amide bonds. The molecule has 0 saturated carbocycles. The molecule has 0 spiro atoms. The maximum atomic E-state index is 12.3. The van der Waals surface area contributed by atoms with E-state index in [0.29, 0.717) is 12.3 Å². The fraction of sp³-hybridized carbons (Fsp3) is 0.909. The molecule has 0 aromatic carbocycles. The Bertz CT molecular complexity index is 244. The van der Waals surface area contributed by atoms with Crippen LogP contribution in [0.1, 0.15) is 47.5 Å². The molecule has 0 aliphatic rings. The van der Waals surface area contributed by atoms with Crippen molar-refractivity contribution in [2.45, 2.75) is 65.2 Å². The second-order valence-corrected chi connectivity index (χ2v) is 4.80. The van der Waals surface area contributed by atoms with E-state index in [1.165, 1.54) is 0 Å². The number of alkyl halides is 3. The molecule has 17 heavy (non-hydrogen) atoms. The minimum Gasteiger partial charge on any atom is -0.463 e. The SMILES string of the molecule is CCCC(=NC(C)(C)C)[N-]C(C)C(F)(F)F.[Ni]. The fourth-order valence-electron chi connectivity index (χ4n) is 1.06. The number of hydrogen-bond donors (Lipinski definition) is 0. The molecule has 1 atom stereocenters. The number of aliphatic imine (C=N–C) groups is 1. The summed E-state index contributed by atoms with van der Waals surface area (Å²) < 4.78 is 37.0. The van der Waals surface area contributed by atoms with Crippen molar-refractivity contribution in [2.75, 3.05) is 0 Å². The number of halogens is 3.